The molecule has 2 N–H and O–H groups in total. The van der Waals surface area contributed by atoms with Crippen molar-refractivity contribution in [2.45, 2.75) is 13.3 Å². The summed E-state index contributed by atoms with van der Waals surface area (Å²) in [5, 5.41) is 7.06. The molecule has 0 heterocycles. The second kappa shape index (κ2) is 10.3. The molecule has 9 heteroatoms. The Balaban J connectivity index is 1.94. The number of nitrogens with one attached hydrogen (secondary N) is 2. The zero-order valence-electron chi connectivity index (χ0n) is 16.5. The highest BCUT2D eigenvalue weighted by molar-refractivity contribution is 6.32. The van der Waals surface area contributed by atoms with Gasteiger partial charge in [-0.1, -0.05) is 11.6 Å². The van der Waals surface area contributed by atoms with Gasteiger partial charge < -0.3 is 19.5 Å². The monoisotopic (exact) mass is 419 g/mol. The highest BCUT2D eigenvalue weighted by Crippen LogP contribution is 2.28. The summed E-state index contributed by atoms with van der Waals surface area (Å²) in [6, 6.07) is 9.67. The molecule has 0 radical (unpaired) electrons. The van der Waals surface area contributed by atoms with Crippen molar-refractivity contribution in [3.05, 3.63) is 47.0 Å². The lowest BCUT2D eigenvalue weighted by molar-refractivity contribution is -0.115. The Hall–Kier alpha value is -3.26. The van der Waals surface area contributed by atoms with E-state index in [1.54, 1.807) is 43.3 Å². The molecule has 0 aliphatic heterocycles. The lowest BCUT2D eigenvalue weighted by atomic mass is 10.2. The topological polar surface area (TPSA) is 98.2 Å². The molecule has 29 heavy (non-hydrogen) atoms. The van der Waals surface area contributed by atoms with E-state index in [4.69, 9.17) is 25.8 Å². The van der Waals surface area contributed by atoms with Crippen molar-refractivity contribution >= 4 is 34.8 Å². The van der Waals surface area contributed by atoms with Crippen LogP contribution in [0, 0.1) is 0 Å². The molecule has 0 aromatic heterocycles. The number of anilines is 1. The molecule has 2 aromatic carbocycles. The summed E-state index contributed by atoms with van der Waals surface area (Å²) >= 11 is 6.04. The Morgan fingerprint density at radius 3 is 2.24 bits per heavy atom. The van der Waals surface area contributed by atoms with E-state index in [0.29, 0.717) is 39.2 Å². The average molecular weight is 420 g/mol. The molecule has 0 fully saturated rings. The van der Waals surface area contributed by atoms with Gasteiger partial charge in [-0.2, -0.15) is 5.10 Å². The molecule has 8 nitrogen and oxygen atoms in total. The van der Waals surface area contributed by atoms with Crippen molar-refractivity contribution in [3.63, 3.8) is 0 Å². The van der Waals surface area contributed by atoms with Crippen LogP contribution in [0.3, 0.4) is 0 Å². The maximum Gasteiger partial charge on any atom is 0.271 e. The number of methoxy groups -OCH3 is 3. The van der Waals surface area contributed by atoms with E-state index in [1.807, 2.05) is 0 Å². The van der Waals surface area contributed by atoms with Crippen molar-refractivity contribution in [2.24, 2.45) is 5.10 Å². The number of carbonyl (C=O) groups excluding carboxylic acids is 2. The van der Waals surface area contributed by atoms with Gasteiger partial charge in [-0.05, 0) is 43.3 Å². The maximum atomic E-state index is 12.2. The first-order chi connectivity index (χ1) is 13.9. The molecule has 0 spiro atoms. The highest BCUT2D eigenvalue weighted by Gasteiger charge is 2.11. The Kier molecular flexibility index (Phi) is 7.85. The Bertz CT molecular complexity index is 930. The summed E-state index contributed by atoms with van der Waals surface area (Å²) in [4.78, 5) is 24.4. The van der Waals surface area contributed by atoms with Gasteiger partial charge in [-0.25, -0.2) is 5.43 Å². The molecule has 154 valence electrons. The van der Waals surface area contributed by atoms with Crippen molar-refractivity contribution < 1.29 is 23.8 Å². The van der Waals surface area contributed by atoms with Crippen LogP contribution in [0.2, 0.25) is 5.02 Å². The number of carbonyl (C=O) groups is 2. The van der Waals surface area contributed by atoms with E-state index in [1.165, 1.54) is 21.3 Å². The normalized spacial score (nSPS) is 10.9. The third kappa shape index (κ3) is 6.11. The summed E-state index contributed by atoms with van der Waals surface area (Å²) in [5.41, 5.74) is 3.72. The molecular formula is C20H22ClN3O5. The van der Waals surface area contributed by atoms with Gasteiger partial charge in [0.25, 0.3) is 5.91 Å². The minimum atomic E-state index is -0.437. The van der Waals surface area contributed by atoms with E-state index in [-0.39, 0.29) is 12.3 Å². The van der Waals surface area contributed by atoms with Crippen LogP contribution in [0.25, 0.3) is 0 Å². The van der Waals surface area contributed by atoms with Crippen LogP contribution in [-0.4, -0.2) is 38.9 Å². The zero-order chi connectivity index (χ0) is 21.4. The number of halogens is 1. The highest BCUT2D eigenvalue weighted by atomic mass is 35.5. The van der Waals surface area contributed by atoms with Crippen molar-refractivity contribution in [2.75, 3.05) is 26.6 Å². The number of benzene rings is 2. The van der Waals surface area contributed by atoms with Gasteiger partial charge in [-0.3, -0.25) is 9.59 Å². The lowest BCUT2D eigenvalue weighted by Gasteiger charge is -2.09. The molecule has 2 amide bonds. The van der Waals surface area contributed by atoms with Gasteiger partial charge in [0.05, 0.1) is 32.8 Å². The Morgan fingerprint density at radius 1 is 0.966 bits per heavy atom. The van der Waals surface area contributed by atoms with Gasteiger partial charge in [0.2, 0.25) is 5.91 Å². The number of hydrogen-bond acceptors (Lipinski definition) is 6. The van der Waals surface area contributed by atoms with Crippen LogP contribution in [0.5, 0.6) is 17.2 Å². The minimum absolute atomic E-state index is 0.00411. The number of hydrazone groups is 1. The van der Waals surface area contributed by atoms with Crippen LogP contribution in [-0.2, 0) is 4.79 Å². The van der Waals surface area contributed by atoms with Crippen LogP contribution in [0.15, 0.2) is 41.5 Å². The molecule has 0 aliphatic carbocycles. The second-order valence-corrected chi connectivity index (χ2v) is 6.34. The summed E-state index contributed by atoms with van der Waals surface area (Å²) in [5.74, 6) is 0.721. The molecule has 0 bridgehead atoms. The Morgan fingerprint density at radius 2 is 1.62 bits per heavy atom. The summed E-state index contributed by atoms with van der Waals surface area (Å²) < 4.78 is 15.4. The quantitative estimate of drug-likeness (QED) is 0.504. The first-order valence-electron chi connectivity index (χ1n) is 8.56. The maximum absolute atomic E-state index is 12.2. The zero-order valence-corrected chi connectivity index (χ0v) is 17.3. The van der Waals surface area contributed by atoms with Gasteiger partial charge in [0.1, 0.15) is 5.75 Å². The van der Waals surface area contributed by atoms with E-state index in [0.717, 1.165) is 0 Å². The summed E-state index contributed by atoms with van der Waals surface area (Å²) in [6.07, 6.45) is -0.00411. The third-order valence-corrected chi connectivity index (χ3v) is 4.14. The van der Waals surface area contributed by atoms with E-state index in [2.05, 4.69) is 15.8 Å². The molecule has 0 saturated heterocycles. The van der Waals surface area contributed by atoms with Crippen LogP contribution >= 0.6 is 11.6 Å². The first kappa shape index (κ1) is 22.0. The van der Waals surface area contributed by atoms with Gasteiger partial charge in [-0.15, -0.1) is 0 Å². The van der Waals surface area contributed by atoms with Crippen molar-refractivity contribution in [1.82, 2.24) is 5.43 Å². The number of ether oxygens (including phenoxy) is 3. The molecule has 0 saturated carbocycles. The van der Waals surface area contributed by atoms with E-state index < -0.39 is 5.91 Å². The predicted octanol–water partition coefficient (Wildman–Crippen LogP) is 3.50. The van der Waals surface area contributed by atoms with Crippen molar-refractivity contribution in [3.8, 4) is 17.2 Å². The molecule has 0 atom stereocenters. The second-order valence-electron chi connectivity index (χ2n) is 5.93. The van der Waals surface area contributed by atoms with E-state index >= 15 is 0 Å². The minimum Gasteiger partial charge on any atom is -0.495 e. The fourth-order valence-corrected chi connectivity index (χ4v) is 2.67. The fourth-order valence-electron chi connectivity index (χ4n) is 2.41. The molecule has 0 unspecified atom stereocenters. The predicted molar refractivity (Wildman–Crippen MR) is 111 cm³/mol. The third-order valence-electron chi connectivity index (χ3n) is 3.85. The standard InChI is InChI=1S/C20H22ClN3O5/c1-12(9-19(25)22-14-6-8-16(27-2)15(21)11-14)23-24-20(26)13-5-7-17(28-3)18(10-13)29-4/h5-8,10-11H,9H2,1-4H3,(H,22,25)(H,24,26)/b23-12-. The lowest BCUT2D eigenvalue weighted by Crippen LogP contribution is -2.21. The molecule has 0 aliphatic rings. The number of amides is 2. The number of rotatable bonds is 8. The van der Waals surface area contributed by atoms with Gasteiger partial charge in [0, 0.05) is 17.0 Å². The largest absolute Gasteiger partial charge is 0.495 e. The van der Waals surface area contributed by atoms with Gasteiger partial charge >= 0.3 is 0 Å². The number of hydrogen-bond donors (Lipinski definition) is 2. The average Bonchev–Trinajstić information content (AvgIpc) is 2.71. The molecule has 2 aromatic rings. The van der Waals surface area contributed by atoms with Crippen LogP contribution < -0.4 is 25.0 Å². The summed E-state index contributed by atoms with van der Waals surface area (Å²) in [7, 11) is 4.50. The van der Waals surface area contributed by atoms with Crippen LogP contribution in [0.1, 0.15) is 23.7 Å². The van der Waals surface area contributed by atoms with Gasteiger partial charge in [0.15, 0.2) is 11.5 Å². The molecule has 2 rings (SSSR count). The smallest absolute Gasteiger partial charge is 0.271 e. The van der Waals surface area contributed by atoms with Crippen molar-refractivity contribution in [1.29, 1.82) is 0 Å². The SMILES string of the molecule is COc1ccc(NC(=O)C/C(C)=N\NC(=O)c2ccc(OC)c(OC)c2)cc1Cl. The number of nitrogens with zero attached hydrogens (tertiary/aromatic N) is 1. The summed E-state index contributed by atoms with van der Waals surface area (Å²) in [6.45, 7) is 1.63. The van der Waals surface area contributed by atoms with E-state index in [9.17, 15) is 9.59 Å². The first-order valence-corrected chi connectivity index (χ1v) is 8.94. The fraction of sp³-hybridized carbons (Fsp3) is 0.250. The molecular weight excluding hydrogens is 398 g/mol. The Labute approximate surface area is 173 Å². The van der Waals surface area contributed by atoms with Crippen LogP contribution in [0.4, 0.5) is 5.69 Å².